The number of rotatable bonds is 16. The molecule has 0 aromatic rings. The summed E-state index contributed by atoms with van der Waals surface area (Å²) in [6.07, 6.45) is 26.1. The van der Waals surface area contributed by atoms with Gasteiger partial charge in [0.2, 0.25) is 0 Å². The van der Waals surface area contributed by atoms with E-state index in [-0.39, 0.29) is 5.48 Å². The molecule has 0 fully saturated rings. The van der Waals surface area contributed by atoms with Gasteiger partial charge in [0.05, 0.1) is 27.3 Å². The maximum atomic E-state index is 2.35. The normalized spacial score (nSPS) is 11.8. The Labute approximate surface area is 147 Å². The summed E-state index contributed by atoms with van der Waals surface area (Å²) in [6.45, 7) is 2.29. The number of nitrogens with zero attached hydrogens (tertiary/aromatic N) is 1. The smallest absolute Gasteiger partial charge is 0.0911 e. The molecule has 0 rings (SSSR count). The first kappa shape index (κ1) is 24.9. The molecule has 0 saturated heterocycles. The Morgan fingerprint density at radius 3 is 1.26 bits per heavy atom. The quantitative estimate of drug-likeness (QED) is 0.224. The predicted molar refractivity (Wildman–Crippen MR) is 104 cm³/mol. The third kappa shape index (κ3) is 24.0. The molecule has 0 spiro atoms. The second-order valence-corrected chi connectivity index (χ2v) is 7.89. The summed E-state index contributed by atoms with van der Waals surface area (Å²) in [6, 6.07) is 0. The Kier molecular flexibility index (Phi) is 19.5. The van der Waals surface area contributed by atoms with Crippen LogP contribution in [-0.2, 0) is 0 Å². The summed E-state index contributed by atoms with van der Waals surface area (Å²) >= 11 is 0. The van der Waals surface area contributed by atoms with Gasteiger partial charge in [-0.1, -0.05) is 90.4 Å². The molecular weight excluding hydrogens is 282 g/mol. The Balaban J connectivity index is 0. The van der Waals surface area contributed by atoms with Crippen LogP contribution in [0.25, 0.3) is 0 Å². The van der Waals surface area contributed by atoms with E-state index in [0.29, 0.717) is 0 Å². The highest BCUT2D eigenvalue weighted by Gasteiger charge is 1.98. The Morgan fingerprint density at radius 1 is 0.565 bits per heavy atom. The van der Waals surface area contributed by atoms with Gasteiger partial charge in [0.25, 0.3) is 0 Å². The summed E-state index contributed by atoms with van der Waals surface area (Å²) in [7, 11) is 6.63. The van der Waals surface area contributed by atoms with Crippen molar-refractivity contribution in [3.8, 4) is 0 Å². The van der Waals surface area contributed by atoms with Gasteiger partial charge >= 0.3 is 0 Å². The fourth-order valence-corrected chi connectivity index (χ4v) is 2.85. The minimum absolute atomic E-state index is 0. The largest absolute Gasteiger partial charge is 0.870 e. The maximum Gasteiger partial charge on any atom is 0.0911 e. The molecule has 0 amide bonds. The second kappa shape index (κ2) is 18.0. The lowest BCUT2D eigenvalue weighted by Crippen LogP contribution is -2.26. The first-order chi connectivity index (χ1) is 10.6. The molecular formula is C21H45NO. The van der Waals surface area contributed by atoms with E-state index in [2.05, 4.69) is 40.3 Å². The molecule has 0 aromatic carbocycles. The number of unbranched alkanes of at least 4 members (excludes halogenated alkanes) is 14. The van der Waals surface area contributed by atoms with Crippen LogP contribution in [0.1, 0.15) is 103 Å². The third-order valence-corrected chi connectivity index (χ3v) is 4.28. The molecule has 0 bridgehead atoms. The summed E-state index contributed by atoms with van der Waals surface area (Å²) in [5, 5.41) is 0. The summed E-state index contributed by atoms with van der Waals surface area (Å²) in [5.74, 6) is 0. The first-order valence-corrected chi connectivity index (χ1v) is 10.0. The van der Waals surface area contributed by atoms with Gasteiger partial charge in [-0.15, -0.1) is 0 Å². The van der Waals surface area contributed by atoms with E-state index in [1.807, 2.05) is 0 Å². The zero-order valence-corrected chi connectivity index (χ0v) is 16.7. The second-order valence-electron chi connectivity index (χ2n) is 7.89. The van der Waals surface area contributed by atoms with Gasteiger partial charge in [-0.2, -0.15) is 0 Å². The molecule has 0 heterocycles. The third-order valence-electron chi connectivity index (χ3n) is 4.28. The molecule has 0 saturated carbocycles. The van der Waals surface area contributed by atoms with Gasteiger partial charge in [-0.3, -0.25) is 0 Å². The van der Waals surface area contributed by atoms with E-state index in [1.165, 1.54) is 96.3 Å². The minimum Gasteiger partial charge on any atom is -0.870 e. The van der Waals surface area contributed by atoms with Crippen molar-refractivity contribution in [2.24, 2.45) is 0 Å². The highest BCUT2D eigenvalue weighted by atomic mass is 16.0. The van der Waals surface area contributed by atoms with E-state index >= 15 is 0 Å². The van der Waals surface area contributed by atoms with Gasteiger partial charge in [-0.25, -0.2) is 0 Å². The lowest BCUT2D eigenvalue weighted by molar-refractivity contribution is -0.817. The zero-order valence-electron chi connectivity index (χ0n) is 16.7. The van der Waals surface area contributed by atoms with Gasteiger partial charge in [-0.05, 0) is 18.9 Å². The fourth-order valence-electron chi connectivity index (χ4n) is 2.85. The Morgan fingerprint density at radius 2 is 0.913 bits per heavy atom. The average Bonchev–Trinajstić information content (AvgIpc) is 2.45. The Hall–Kier alpha value is -0.340. The number of hydrogen-bond donors (Lipinski definition) is 0. The van der Waals surface area contributed by atoms with Gasteiger partial charge in [0.15, 0.2) is 0 Å². The van der Waals surface area contributed by atoms with Crippen LogP contribution in [-0.4, -0.2) is 31.1 Å². The highest BCUT2D eigenvalue weighted by molar-refractivity contribution is 4.72. The number of allylic oxidation sites excluding steroid dienone is 1. The summed E-state index contributed by atoms with van der Waals surface area (Å²) in [5.41, 5.74) is 0. The first-order valence-electron chi connectivity index (χ1n) is 10.0. The van der Waals surface area contributed by atoms with Crippen LogP contribution in [0.2, 0.25) is 0 Å². The van der Waals surface area contributed by atoms with Crippen molar-refractivity contribution >= 4 is 0 Å². The lowest BCUT2D eigenvalue weighted by Gasteiger charge is -2.17. The molecule has 1 N–H and O–H groups in total. The summed E-state index contributed by atoms with van der Waals surface area (Å²) < 4.78 is 0.943. The van der Waals surface area contributed by atoms with E-state index in [4.69, 9.17) is 0 Å². The topological polar surface area (TPSA) is 30.0 Å². The molecule has 0 aliphatic rings. The van der Waals surface area contributed by atoms with Crippen molar-refractivity contribution < 1.29 is 9.96 Å². The van der Waals surface area contributed by atoms with Crippen molar-refractivity contribution in [3.05, 3.63) is 12.3 Å². The molecule has 2 heteroatoms. The summed E-state index contributed by atoms with van der Waals surface area (Å²) in [4.78, 5) is 0. The van der Waals surface area contributed by atoms with Crippen molar-refractivity contribution in [2.45, 2.75) is 103 Å². The molecule has 0 unspecified atom stereocenters. The van der Waals surface area contributed by atoms with Crippen LogP contribution in [0.5, 0.6) is 0 Å². The Bertz CT molecular complexity index is 243. The van der Waals surface area contributed by atoms with Crippen LogP contribution < -0.4 is 0 Å². The molecule has 0 aliphatic carbocycles. The van der Waals surface area contributed by atoms with Gasteiger partial charge in [0.1, 0.15) is 0 Å². The molecule has 140 valence electrons. The van der Waals surface area contributed by atoms with Crippen molar-refractivity contribution in [1.29, 1.82) is 0 Å². The molecule has 0 atom stereocenters. The maximum absolute atomic E-state index is 2.35. The van der Waals surface area contributed by atoms with E-state index < -0.39 is 0 Å². The predicted octanol–water partition coefficient (Wildman–Crippen LogP) is 6.90. The van der Waals surface area contributed by atoms with Crippen LogP contribution >= 0.6 is 0 Å². The van der Waals surface area contributed by atoms with Crippen molar-refractivity contribution in [2.75, 3.05) is 21.1 Å². The standard InChI is InChI=1S/C21H44N.H2O/c1-5-6-7-8-9-10-11-12-13-14-15-16-17-18-19-20-21-22(2,3)4;/h20-21H,5-19H2,1-4H3;1H2/q+1;/p-1. The number of quaternary nitrogens is 1. The fraction of sp³-hybridized carbons (Fsp3) is 0.905. The van der Waals surface area contributed by atoms with Crippen molar-refractivity contribution in [3.63, 3.8) is 0 Å². The molecule has 0 radical (unpaired) electrons. The molecule has 2 nitrogen and oxygen atoms in total. The van der Waals surface area contributed by atoms with Crippen molar-refractivity contribution in [1.82, 2.24) is 0 Å². The van der Waals surface area contributed by atoms with Crippen LogP contribution in [0.15, 0.2) is 12.3 Å². The van der Waals surface area contributed by atoms with E-state index in [0.717, 1.165) is 4.48 Å². The lowest BCUT2D eigenvalue weighted by atomic mass is 10.0. The minimum atomic E-state index is 0. The molecule has 23 heavy (non-hydrogen) atoms. The number of hydrogen-bond acceptors (Lipinski definition) is 1. The zero-order chi connectivity index (χ0) is 16.5. The average molecular weight is 328 g/mol. The van der Waals surface area contributed by atoms with E-state index in [9.17, 15) is 0 Å². The van der Waals surface area contributed by atoms with Gasteiger partial charge in [0, 0.05) is 0 Å². The van der Waals surface area contributed by atoms with Crippen LogP contribution in [0.3, 0.4) is 0 Å². The highest BCUT2D eigenvalue weighted by Crippen LogP contribution is 2.13. The van der Waals surface area contributed by atoms with E-state index in [1.54, 1.807) is 0 Å². The van der Waals surface area contributed by atoms with Gasteiger partial charge < -0.3 is 9.96 Å². The SMILES string of the molecule is CCCCCCCCCCCCCCCCC=C[N+](C)(C)C.[OH-]. The molecule has 0 aromatic heterocycles. The molecule has 0 aliphatic heterocycles. The van der Waals surface area contributed by atoms with Crippen LogP contribution in [0.4, 0.5) is 0 Å². The van der Waals surface area contributed by atoms with Crippen LogP contribution in [0, 0.1) is 0 Å². The monoisotopic (exact) mass is 327 g/mol.